The molecular formula is C27H30ClN3O2S. The Morgan fingerprint density at radius 1 is 0.941 bits per heavy atom. The lowest BCUT2D eigenvalue weighted by atomic mass is 9.90. The van der Waals surface area contributed by atoms with E-state index in [0.29, 0.717) is 18.3 Å². The van der Waals surface area contributed by atoms with E-state index in [1.807, 2.05) is 105 Å². The standard InChI is InChI=1S/C27H29N3O2S.ClH/c1-4-32-22-15-16-23-24(19-22)33-27(28-23)30(18-17-29(2)3)26(31)25(20-11-7-5-8-12-20)21-13-9-6-10-14-21;/h5-16,19,25H,4,17-18H2,1-3H3;1H. The molecule has 7 heteroatoms. The highest BCUT2D eigenvalue weighted by Crippen LogP contribution is 2.35. The summed E-state index contributed by atoms with van der Waals surface area (Å²) in [5, 5.41) is 0.711. The van der Waals surface area contributed by atoms with Gasteiger partial charge in [0.25, 0.3) is 0 Å². The molecule has 0 aliphatic rings. The van der Waals surface area contributed by atoms with E-state index in [1.165, 1.54) is 11.3 Å². The Morgan fingerprint density at radius 2 is 1.56 bits per heavy atom. The minimum absolute atomic E-state index is 0. The number of benzene rings is 3. The number of hydrogen-bond donors (Lipinski definition) is 0. The lowest BCUT2D eigenvalue weighted by Crippen LogP contribution is -2.40. The highest BCUT2D eigenvalue weighted by molar-refractivity contribution is 7.22. The van der Waals surface area contributed by atoms with Crippen molar-refractivity contribution < 1.29 is 9.53 Å². The van der Waals surface area contributed by atoms with E-state index in [-0.39, 0.29) is 18.3 Å². The van der Waals surface area contributed by atoms with E-state index in [0.717, 1.165) is 33.6 Å². The van der Waals surface area contributed by atoms with Crippen LogP contribution in [0.5, 0.6) is 5.75 Å². The summed E-state index contributed by atoms with van der Waals surface area (Å²) in [7, 11) is 4.03. The number of thiazole rings is 1. The SMILES string of the molecule is CCOc1ccc2nc(N(CCN(C)C)C(=O)C(c3ccccc3)c3ccccc3)sc2c1.Cl. The topological polar surface area (TPSA) is 45.7 Å². The smallest absolute Gasteiger partial charge is 0.240 e. The largest absolute Gasteiger partial charge is 0.494 e. The highest BCUT2D eigenvalue weighted by atomic mass is 35.5. The van der Waals surface area contributed by atoms with Crippen molar-refractivity contribution in [3.8, 4) is 5.75 Å². The van der Waals surface area contributed by atoms with Gasteiger partial charge in [0, 0.05) is 13.1 Å². The monoisotopic (exact) mass is 495 g/mol. The Kier molecular flexibility index (Phi) is 9.05. The van der Waals surface area contributed by atoms with Gasteiger partial charge in [-0.25, -0.2) is 4.98 Å². The van der Waals surface area contributed by atoms with Gasteiger partial charge >= 0.3 is 0 Å². The average Bonchev–Trinajstić information content (AvgIpc) is 3.24. The molecule has 1 amide bonds. The van der Waals surface area contributed by atoms with Crippen LogP contribution < -0.4 is 9.64 Å². The molecule has 1 heterocycles. The van der Waals surface area contributed by atoms with Crippen LogP contribution in [0.2, 0.25) is 0 Å². The number of anilines is 1. The number of aromatic nitrogens is 1. The van der Waals surface area contributed by atoms with E-state index in [2.05, 4.69) is 4.90 Å². The van der Waals surface area contributed by atoms with Crippen LogP contribution in [0.15, 0.2) is 78.9 Å². The lowest BCUT2D eigenvalue weighted by Gasteiger charge is -2.27. The molecule has 0 aliphatic heterocycles. The second-order valence-electron chi connectivity index (χ2n) is 8.11. The molecule has 0 radical (unpaired) electrons. The van der Waals surface area contributed by atoms with Crippen molar-refractivity contribution in [1.29, 1.82) is 0 Å². The molecule has 4 aromatic rings. The summed E-state index contributed by atoms with van der Waals surface area (Å²) < 4.78 is 6.66. The Bertz CT molecular complexity index is 1160. The third kappa shape index (κ3) is 5.95. The zero-order chi connectivity index (χ0) is 23.2. The van der Waals surface area contributed by atoms with Crippen molar-refractivity contribution in [3.05, 3.63) is 90.0 Å². The molecule has 178 valence electrons. The van der Waals surface area contributed by atoms with Crippen molar-refractivity contribution in [2.24, 2.45) is 0 Å². The molecule has 0 spiro atoms. The summed E-state index contributed by atoms with van der Waals surface area (Å²) in [5.74, 6) is 0.441. The number of nitrogens with zero attached hydrogens (tertiary/aromatic N) is 3. The maximum atomic E-state index is 14.2. The lowest BCUT2D eigenvalue weighted by molar-refractivity contribution is -0.119. The molecule has 0 N–H and O–H groups in total. The van der Waals surface area contributed by atoms with Crippen molar-refractivity contribution in [2.45, 2.75) is 12.8 Å². The van der Waals surface area contributed by atoms with Gasteiger partial charge in [-0.05, 0) is 50.3 Å². The van der Waals surface area contributed by atoms with Crippen LogP contribution in [-0.2, 0) is 4.79 Å². The maximum Gasteiger partial charge on any atom is 0.240 e. The fourth-order valence-corrected chi connectivity index (χ4v) is 4.81. The molecule has 0 saturated carbocycles. The summed E-state index contributed by atoms with van der Waals surface area (Å²) in [4.78, 5) is 22.9. The maximum absolute atomic E-state index is 14.2. The third-order valence-corrected chi connectivity index (χ3v) is 6.48. The molecular weight excluding hydrogens is 466 g/mol. The van der Waals surface area contributed by atoms with Gasteiger partial charge < -0.3 is 9.64 Å². The molecule has 34 heavy (non-hydrogen) atoms. The number of rotatable bonds is 9. The Labute approximate surface area is 211 Å². The minimum atomic E-state index is -0.402. The first kappa shape index (κ1) is 25.7. The average molecular weight is 496 g/mol. The summed E-state index contributed by atoms with van der Waals surface area (Å²) in [6, 6.07) is 25.8. The normalized spacial score (nSPS) is 11.0. The van der Waals surface area contributed by atoms with Crippen molar-refractivity contribution in [2.75, 3.05) is 38.7 Å². The fraction of sp³-hybridized carbons (Fsp3) is 0.259. The van der Waals surface area contributed by atoms with E-state index < -0.39 is 5.92 Å². The number of carbonyl (C=O) groups is 1. The molecule has 3 aromatic carbocycles. The van der Waals surface area contributed by atoms with Crippen molar-refractivity contribution >= 4 is 45.0 Å². The molecule has 0 unspecified atom stereocenters. The quantitative estimate of drug-likeness (QED) is 0.292. The van der Waals surface area contributed by atoms with Gasteiger partial charge in [-0.3, -0.25) is 9.69 Å². The van der Waals surface area contributed by atoms with Crippen LogP contribution in [0.3, 0.4) is 0 Å². The predicted octanol–water partition coefficient (Wildman–Crippen LogP) is 5.84. The van der Waals surface area contributed by atoms with Gasteiger partial charge in [0.2, 0.25) is 5.91 Å². The van der Waals surface area contributed by atoms with Crippen LogP contribution in [0, 0.1) is 0 Å². The van der Waals surface area contributed by atoms with Gasteiger partial charge in [0.1, 0.15) is 5.75 Å². The minimum Gasteiger partial charge on any atom is -0.494 e. The number of fused-ring (bicyclic) bond motifs is 1. The van der Waals surface area contributed by atoms with Gasteiger partial charge in [-0.15, -0.1) is 12.4 Å². The third-order valence-electron chi connectivity index (χ3n) is 5.44. The molecule has 0 atom stereocenters. The second-order valence-corrected chi connectivity index (χ2v) is 9.12. The second kappa shape index (κ2) is 12.0. The van der Waals surface area contributed by atoms with Crippen LogP contribution in [0.4, 0.5) is 5.13 Å². The molecule has 4 rings (SSSR count). The van der Waals surface area contributed by atoms with E-state index >= 15 is 0 Å². The van der Waals surface area contributed by atoms with Crippen LogP contribution >= 0.6 is 23.7 Å². The van der Waals surface area contributed by atoms with Crippen LogP contribution in [0.1, 0.15) is 24.0 Å². The van der Waals surface area contributed by atoms with Crippen LogP contribution in [-0.4, -0.2) is 49.6 Å². The number of ether oxygens (including phenoxy) is 1. The Balaban J connectivity index is 0.00000324. The number of halogens is 1. The van der Waals surface area contributed by atoms with Gasteiger partial charge in [-0.1, -0.05) is 72.0 Å². The highest BCUT2D eigenvalue weighted by Gasteiger charge is 2.30. The molecule has 1 aromatic heterocycles. The van der Waals surface area contributed by atoms with E-state index in [1.54, 1.807) is 0 Å². The fourth-order valence-electron chi connectivity index (χ4n) is 3.79. The predicted molar refractivity (Wildman–Crippen MR) is 144 cm³/mol. The summed E-state index contributed by atoms with van der Waals surface area (Å²) >= 11 is 1.53. The van der Waals surface area contributed by atoms with Gasteiger partial charge in [0.05, 0.1) is 22.7 Å². The summed E-state index contributed by atoms with van der Waals surface area (Å²) in [6.07, 6.45) is 0. The summed E-state index contributed by atoms with van der Waals surface area (Å²) in [6.45, 7) is 3.87. The first-order valence-corrected chi connectivity index (χ1v) is 12.0. The first-order chi connectivity index (χ1) is 16.1. The zero-order valence-corrected chi connectivity index (χ0v) is 21.3. The number of carbonyl (C=O) groups excluding carboxylic acids is 1. The first-order valence-electron chi connectivity index (χ1n) is 11.2. The van der Waals surface area contributed by atoms with Gasteiger partial charge in [-0.2, -0.15) is 0 Å². The number of likely N-dealkylation sites (N-methyl/N-ethyl adjacent to an activating group) is 1. The molecule has 0 aliphatic carbocycles. The van der Waals surface area contributed by atoms with Crippen molar-refractivity contribution in [3.63, 3.8) is 0 Å². The zero-order valence-electron chi connectivity index (χ0n) is 19.7. The van der Waals surface area contributed by atoms with E-state index in [4.69, 9.17) is 9.72 Å². The molecule has 5 nitrogen and oxygen atoms in total. The Morgan fingerprint density at radius 3 is 2.12 bits per heavy atom. The molecule has 0 fully saturated rings. The molecule has 0 saturated heterocycles. The number of hydrogen-bond acceptors (Lipinski definition) is 5. The number of amides is 1. The Hall–Kier alpha value is -2.93. The molecule has 0 bridgehead atoms. The van der Waals surface area contributed by atoms with Crippen LogP contribution in [0.25, 0.3) is 10.2 Å². The van der Waals surface area contributed by atoms with E-state index in [9.17, 15) is 4.79 Å². The summed E-state index contributed by atoms with van der Waals surface area (Å²) in [5.41, 5.74) is 2.82. The van der Waals surface area contributed by atoms with Crippen molar-refractivity contribution in [1.82, 2.24) is 9.88 Å². The van der Waals surface area contributed by atoms with Gasteiger partial charge in [0.15, 0.2) is 5.13 Å².